The first kappa shape index (κ1) is 9.23. The number of rotatable bonds is 5. The van der Waals surface area contributed by atoms with E-state index in [2.05, 4.69) is 0 Å². The largest absolute Gasteiger partial charge is 0.382 e. The standard InChI is InChI=1S/C10H13O2/c1-11-7-8-12-9-10-5-3-2-4-6-10/h2-6,8H,7,9H2,1H3. The van der Waals surface area contributed by atoms with Crippen LogP contribution in [0.1, 0.15) is 5.56 Å². The molecule has 12 heavy (non-hydrogen) atoms. The van der Waals surface area contributed by atoms with Crippen LogP contribution in [0.25, 0.3) is 0 Å². The van der Waals surface area contributed by atoms with Crippen LogP contribution in [0, 0.1) is 6.61 Å². The van der Waals surface area contributed by atoms with Gasteiger partial charge >= 0.3 is 0 Å². The maximum absolute atomic E-state index is 5.21. The first-order valence-corrected chi connectivity index (χ1v) is 3.89. The molecule has 1 rings (SSSR count). The number of hydrogen-bond acceptors (Lipinski definition) is 2. The fourth-order valence-electron chi connectivity index (χ4n) is 0.846. The monoisotopic (exact) mass is 165 g/mol. The van der Waals surface area contributed by atoms with E-state index in [1.54, 1.807) is 13.7 Å². The molecule has 0 fully saturated rings. The molecular formula is C10H13O2. The van der Waals surface area contributed by atoms with Crippen molar-refractivity contribution in [2.24, 2.45) is 0 Å². The Morgan fingerprint density at radius 3 is 2.67 bits per heavy atom. The van der Waals surface area contributed by atoms with E-state index in [9.17, 15) is 0 Å². The van der Waals surface area contributed by atoms with E-state index in [1.807, 2.05) is 30.3 Å². The molecule has 2 nitrogen and oxygen atoms in total. The summed E-state index contributed by atoms with van der Waals surface area (Å²) in [5.41, 5.74) is 1.17. The van der Waals surface area contributed by atoms with Gasteiger partial charge in [-0.05, 0) is 5.56 Å². The first-order valence-electron chi connectivity index (χ1n) is 3.89. The topological polar surface area (TPSA) is 18.5 Å². The summed E-state index contributed by atoms with van der Waals surface area (Å²) >= 11 is 0. The van der Waals surface area contributed by atoms with Gasteiger partial charge in [0.1, 0.15) is 6.61 Å². The number of hydrogen-bond donors (Lipinski definition) is 0. The summed E-state index contributed by atoms with van der Waals surface area (Å²) in [7, 11) is 1.64. The van der Waals surface area contributed by atoms with E-state index in [1.165, 1.54) is 5.56 Å². The molecule has 0 aliphatic rings. The van der Waals surface area contributed by atoms with Crippen molar-refractivity contribution in [1.29, 1.82) is 0 Å². The van der Waals surface area contributed by atoms with Crippen LogP contribution in [0.5, 0.6) is 0 Å². The van der Waals surface area contributed by atoms with E-state index >= 15 is 0 Å². The highest BCUT2D eigenvalue weighted by Gasteiger charge is 1.90. The van der Waals surface area contributed by atoms with Crippen molar-refractivity contribution in [3.63, 3.8) is 0 Å². The molecule has 2 heteroatoms. The Balaban J connectivity index is 2.16. The van der Waals surface area contributed by atoms with Gasteiger partial charge in [-0.15, -0.1) is 0 Å². The predicted octanol–water partition coefficient (Wildman–Crippen LogP) is 2.01. The predicted molar refractivity (Wildman–Crippen MR) is 47.4 cm³/mol. The second-order valence-electron chi connectivity index (χ2n) is 2.42. The van der Waals surface area contributed by atoms with Gasteiger partial charge < -0.3 is 9.47 Å². The summed E-state index contributed by atoms with van der Waals surface area (Å²) in [5, 5.41) is 0. The Morgan fingerprint density at radius 1 is 1.25 bits per heavy atom. The van der Waals surface area contributed by atoms with Gasteiger partial charge in [0.2, 0.25) is 0 Å². The lowest BCUT2D eigenvalue weighted by Gasteiger charge is -2.01. The van der Waals surface area contributed by atoms with Crippen molar-refractivity contribution < 1.29 is 9.47 Å². The molecule has 0 aliphatic heterocycles. The molecule has 0 aliphatic carbocycles. The van der Waals surface area contributed by atoms with Gasteiger partial charge in [0.05, 0.1) is 13.2 Å². The molecule has 1 aromatic carbocycles. The molecule has 0 saturated heterocycles. The number of benzene rings is 1. The molecule has 0 bridgehead atoms. The highest BCUT2D eigenvalue weighted by molar-refractivity contribution is 5.13. The molecule has 1 aromatic rings. The third-order valence-corrected chi connectivity index (χ3v) is 1.45. The third-order valence-electron chi connectivity index (χ3n) is 1.45. The quantitative estimate of drug-likeness (QED) is 0.621. The summed E-state index contributed by atoms with van der Waals surface area (Å²) in [6.07, 6.45) is 0. The highest BCUT2D eigenvalue weighted by Crippen LogP contribution is 2.00. The zero-order valence-electron chi connectivity index (χ0n) is 7.19. The van der Waals surface area contributed by atoms with Gasteiger partial charge in [-0.2, -0.15) is 0 Å². The average Bonchev–Trinajstić information content (AvgIpc) is 2.14. The van der Waals surface area contributed by atoms with Crippen LogP contribution in [0.2, 0.25) is 0 Å². The minimum absolute atomic E-state index is 0.535. The fourth-order valence-corrected chi connectivity index (χ4v) is 0.846. The van der Waals surface area contributed by atoms with Crippen LogP contribution in [0.4, 0.5) is 0 Å². The van der Waals surface area contributed by atoms with Gasteiger partial charge in [0, 0.05) is 7.11 Å². The van der Waals surface area contributed by atoms with Crippen molar-refractivity contribution in [2.75, 3.05) is 13.7 Å². The fraction of sp³-hybridized carbons (Fsp3) is 0.300. The van der Waals surface area contributed by atoms with E-state index < -0.39 is 0 Å². The van der Waals surface area contributed by atoms with Crippen molar-refractivity contribution >= 4 is 0 Å². The summed E-state index contributed by atoms with van der Waals surface area (Å²) in [6.45, 7) is 2.81. The molecule has 0 heterocycles. The van der Waals surface area contributed by atoms with E-state index in [0.717, 1.165) is 0 Å². The summed E-state index contributed by atoms with van der Waals surface area (Å²) < 4.78 is 10.0. The van der Waals surface area contributed by atoms with Crippen LogP contribution >= 0.6 is 0 Å². The summed E-state index contributed by atoms with van der Waals surface area (Å²) in [5.74, 6) is 0. The van der Waals surface area contributed by atoms with Gasteiger partial charge in [0.15, 0.2) is 0 Å². The molecule has 0 spiro atoms. The van der Waals surface area contributed by atoms with Gasteiger partial charge in [0.25, 0.3) is 0 Å². The zero-order valence-corrected chi connectivity index (χ0v) is 7.19. The molecule has 0 N–H and O–H groups in total. The molecule has 0 unspecified atom stereocenters. The molecule has 0 amide bonds. The van der Waals surface area contributed by atoms with Crippen molar-refractivity contribution in [3.8, 4) is 0 Å². The van der Waals surface area contributed by atoms with E-state index in [0.29, 0.717) is 13.2 Å². The number of ether oxygens (including phenoxy) is 2. The van der Waals surface area contributed by atoms with Crippen LogP contribution < -0.4 is 0 Å². The summed E-state index contributed by atoms with van der Waals surface area (Å²) in [4.78, 5) is 0. The minimum Gasteiger partial charge on any atom is -0.382 e. The Morgan fingerprint density at radius 2 is 2.00 bits per heavy atom. The minimum atomic E-state index is 0.535. The zero-order chi connectivity index (χ0) is 8.65. The molecular weight excluding hydrogens is 152 g/mol. The van der Waals surface area contributed by atoms with Crippen LogP contribution in [0.15, 0.2) is 30.3 Å². The molecule has 65 valence electrons. The SMILES string of the molecule is COC[CH]OCc1ccccc1. The molecule has 0 aromatic heterocycles. The Hall–Kier alpha value is -0.860. The van der Waals surface area contributed by atoms with Gasteiger partial charge in [-0.25, -0.2) is 0 Å². The summed E-state index contributed by atoms with van der Waals surface area (Å²) in [6, 6.07) is 10.0. The molecule has 1 radical (unpaired) electrons. The first-order chi connectivity index (χ1) is 5.93. The van der Waals surface area contributed by atoms with E-state index in [-0.39, 0.29) is 0 Å². The molecule has 0 atom stereocenters. The van der Waals surface area contributed by atoms with Crippen molar-refractivity contribution in [2.45, 2.75) is 6.61 Å². The Bertz CT molecular complexity index is 196. The Kier molecular flexibility index (Phi) is 4.42. The van der Waals surface area contributed by atoms with Crippen molar-refractivity contribution in [3.05, 3.63) is 42.5 Å². The lowest BCUT2D eigenvalue weighted by atomic mass is 10.2. The second-order valence-corrected chi connectivity index (χ2v) is 2.42. The van der Waals surface area contributed by atoms with Crippen LogP contribution in [-0.2, 0) is 16.1 Å². The lowest BCUT2D eigenvalue weighted by molar-refractivity contribution is 0.114. The maximum atomic E-state index is 5.21. The van der Waals surface area contributed by atoms with E-state index in [4.69, 9.17) is 9.47 Å². The second kappa shape index (κ2) is 5.75. The van der Waals surface area contributed by atoms with Crippen LogP contribution in [0.3, 0.4) is 0 Å². The average molecular weight is 165 g/mol. The normalized spacial score (nSPS) is 10.1. The Labute approximate surface area is 73.1 Å². The smallest absolute Gasteiger partial charge is 0.110 e. The lowest BCUT2D eigenvalue weighted by Crippen LogP contribution is -1.95. The van der Waals surface area contributed by atoms with Crippen molar-refractivity contribution in [1.82, 2.24) is 0 Å². The van der Waals surface area contributed by atoms with Gasteiger partial charge in [-0.1, -0.05) is 30.3 Å². The number of methoxy groups -OCH3 is 1. The highest BCUT2D eigenvalue weighted by atomic mass is 16.5. The maximum Gasteiger partial charge on any atom is 0.110 e. The van der Waals surface area contributed by atoms with Gasteiger partial charge in [-0.3, -0.25) is 0 Å². The third kappa shape index (κ3) is 3.51. The molecule has 0 saturated carbocycles. The van der Waals surface area contributed by atoms with Crippen LogP contribution in [-0.4, -0.2) is 13.7 Å².